The quantitative estimate of drug-likeness (QED) is 0.363. The lowest BCUT2D eigenvalue weighted by Crippen LogP contribution is -2.23. The normalized spacial score (nSPS) is 11.0. The Morgan fingerprint density at radius 1 is 1.06 bits per heavy atom. The van der Waals surface area contributed by atoms with Crippen molar-refractivity contribution in [2.45, 2.75) is 13.8 Å². The van der Waals surface area contributed by atoms with Crippen molar-refractivity contribution in [1.82, 2.24) is 29.5 Å². The molecule has 0 aliphatic rings. The van der Waals surface area contributed by atoms with Gasteiger partial charge in [-0.15, -0.1) is 0 Å². The minimum Gasteiger partial charge on any atom is -0.497 e. The first-order valence-electron chi connectivity index (χ1n) is 11.1. The minimum absolute atomic E-state index is 0.137. The van der Waals surface area contributed by atoms with E-state index in [-0.39, 0.29) is 18.1 Å². The molecule has 0 aliphatic heterocycles. The highest BCUT2D eigenvalue weighted by Crippen LogP contribution is 2.20. The zero-order chi connectivity index (χ0) is 25.2. The van der Waals surface area contributed by atoms with Crippen LogP contribution in [0.25, 0.3) is 22.7 Å². The molecule has 0 aliphatic carbocycles. The van der Waals surface area contributed by atoms with Gasteiger partial charge in [0.15, 0.2) is 12.3 Å². The first-order chi connectivity index (χ1) is 17.4. The number of ether oxygens (including phenoxy) is 2. The van der Waals surface area contributed by atoms with Gasteiger partial charge in [-0.05, 0) is 38.1 Å². The van der Waals surface area contributed by atoms with Gasteiger partial charge < -0.3 is 14.8 Å². The number of carbonyl (C=O) groups is 1. The van der Waals surface area contributed by atoms with Gasteiger partial charge in [-0.1, -0.05) is 23.8 Å². The molecule has 11 nitrogen and oxygen atoms in total. The molecule has 5 aromatic rings. The molecule has 182 valence electrons. The van der Waals surface area contributed by atoms with Gasteiger partial charge >= 0.3 is 0 Å². The lowest BCUT2D eigenvalue weighted by Gasteiger charge is -2.10. The molecule has 2 aromatic carbocycles. The Labute approximate surface area is 205 Å². The summed E-state index contributed by atoms with van der Waals surface area (Å²) in [6.07, 6.45) is 1.47. The predicted molar refractivity (Wildman–Crippen MR) is 133 cm³/mol. The van der Waals surface area contributed by atoms with Crippen LogP contribution in [0.4, 0.5) is 5.82 Å². The van der Waals surface area contributed by atoms with E-state index < -0.39 is 5.91 Å². The maximum atomic E-state index is 12.8. The summed E-state index contributed by atoms with van der Waals surface area (Å²) in [4.78, 5) is 32.8. The Bertz CT molecular complexity index is 1620. The highest BCUT2D eigenvalue weighted by molar-refractivity contribution is 5.91. The Morgan fingerprint density at radius 2 is 1.83 bits per heavy atom. The van der Waals surface area contributed by atoms with Crippen molar-refractivity contribution in [3.8, 4) is 23.1 Å². The second kappa shape index (κ2) is 9.37. The third-order valence-electron chi connectivity index (χ3n) is 5.41. The third-order valence-corrected chi connectivity index (χ3v) is 5.41. The number of hydrogen-bond acceptors (Lipinski definition) is 7. The summed E-state index contributed by atoms with van der Waals surface area (Å²) < 4.78 is 13.7. The summed E-state index contributed by atoms with van der Waals surface area (Å²) in [5.41, 5.74) is 2.47. The van der Waals surface area contributed by atoms with Crippen LogP contribution in [0.3, 0.4) is 0 Å². The molecule has 0 spiro atoms. The van der Waals surface area contributed by atoms with Gasteiger partial charge in [0.25, 0.3) is 11.5 Å². The van der Waals surface area contributed by atoms with Crippen molar-refractivity contribution in [3.05, 3.63) is 82.4 Å². The number of methoxy groups -OCH3 is 1. The maximum Gasteiger partial charge on any atom is 0.263 e. The first-order valence-corrected chi connectivity index (χ1v) is 11.1. The van der Waals surface area contributed by atoms with E-state index in [1.165, 1.54) is 10.9 Å². The summed E-state index contributed by atoms with van der Waals surface area (Å²) in [7, 11) is 1.55. The molecule has 3 heterocycles. The van der Waals surface area contributed by atoms with Gasteiger partial charge in [-0.2, -0.15) is 19.9 Å². The van der Waals surface area contributed by atoms with Crippen LogP contribution in [0, 0.1) is 13.8 Å². The molecule has 11 heteroatoms. The fraction of sp³-hybridized carbons (Fsp3) is 0.160. The van der Waals surface area contributed by atoms with Crippen molar-refractivity contribution < 1.29 is 14.3 Å². The van der Waals surface area contributed by atoms with Crippen molar-refractivity contribution in [1.29, 1.82) is 0 Å². The molecular formula is C25H23N7O4. The van der Waals surface area contributed by atoms with Crippen LogP contribution < -0.4 is 20.3 Å². The highest BCUT2D eigenvalue weighted by Gasteiger charge is 2.17. The highest BCUT2D eigenvalue weighted by atomic mass is 16.5. The topological polar surface area (TPSA) is 129 Å². The second-order valence-electron chi connectivity index (χ2n) is 8.12. The molecule has 3 aromatic heterocycles. The molecule has 2 N–H and O–H groups in total. The van der Waals surface area contributed by atoms with E-state index >= 15 is 0 Å². The smallest absolute Gasteiger partial charge is 0.263 e. The van der Waals surface area contributed by atoms with E-state index in [9.17, 15) is 9.59 Å². The van der Waals surface area contributed by atoms with E-state index in [0.29, 0.717) is 34.0 Å². The van der Waals surface area contributed by atoms with Crippen LogP contribution in [-0.4, -0.2) is 49.2 Å². The van der Waals surface area contributed by atoms with Gasteiger partial charge in [0.2, 0.25) is 5.95 Å². The minimum atomic E-state index is -0.410. The zero-order valence-electron chi connectivity index (χ0n) is 19.8. The number of H-pyrrole nitrogens is 1. The van der Waals surface area contributed by atoms with Crippen LogP contribution in [0.15, 0.2) is 65.6 Å². The number of benzene rings is 2. The number of nitrogens with one attached hydrogen (secondary N) is 2. The number of aromatic nitrogens is 6. The zero-order valence-corrected chi connectivity index (χ0v) is 19.8. The summed E-state index contributed by atoms with van der Waals surface area (Å²) in [6.45, 7) is 3.52. The van der Waals surface area contributed by atoms with E-state index in [1.54, 1.807) is 49.0 Å². The molecule has 1 amide bonds. The van der Waals surface area contributed by atoms with E-state index in [1.807, 2.05) is 31.2 Å². The first kappa shape index (κ1) is 22.8. The Hall–Kier alpha value is -4.93. The van der Waals surface area contributed by atoms with Crippen LogP contribution in [0.1, 0.15) is 11.3 Å². The molecule has 0 bridgehead atoms. The lowest BCUT2D eigenvalue weighted by molar-refractivity contribution is -0.118. The molecule has 0 atom stereocenters. The summed E-state index contributed by atoms with van der Waals surface area (Å²) >= 11 is 0. The van der Waals surface area contributed by atoms with Gasteiger partial charge in [-0.3, -0.25) is 14.6 Å². The number of amides is 1. The standard InChI is InChI=1S/C25H23N7O4/c1-15-7-9-17(10-8-15)31-23-20(13-26-31)24(34)29-25(28-23)32-21(11-16(2)30-32)27-22(33)14-36-19-6-4-5-18(12-19)35-3/h4-13H,14H2,1-3H3,(H,27,33)(H,28,29,34). The number of fused-ring (bicyclic) bond motifs is 1. The van der Waals surface area contributed by atoms with Crippen molar-refractivity contribution in [2.24, 2.45) is 0 Å². The summed E-state index contributed by atoms with van der Waals surface area (Å²) in [5.74, 6) is 1.17. The molecule has 5 rings (SSSR count). The van der Waals surface area contributed by atoms with Crippen molar-refractivity contribution >= 4 is 22.8 Å². The molecule has 36 heavy (non-hydrogen) atoms. The van der Waals surface area contributed by atoms with E-state index in [4.69, 9.17) is 9.47 Å². The van der Waals surface area contributed by atoms with Crippen molar-refractivity contribution in [3.63, 3.8) is 0 Å². The van der Waals surface area contributed by atoms with Crippen LogP contribution in [0.5, 0.6) is 11.5 Å². The fourth-order valence-electron chi connectivity index (χ4n) is 3.65. The molecule has 0 saturated carbocycles. The Balaban J connectivity index is 1.43. The van der Waals surface area contributed by atoms with Crippen LogP contribution in [0.2, 0.25) is 0 Å². The number of hydrogen-bond donors (Lipinski definition) is 2. The van der Waals surface area contributed by atoms with E-state index in [0.717, 1.165) is 11.3 Å². The maximum absolute atomic E-state index is 12.8. The SMILES string of the molecule is COc1cccc(OCC(=O)Nc2cc(C)nn2-c2nc3c(cnn3-c3ccc(C)cc3)c(=O)[nH]2)c1. The van der Waals surface area contributed by atoms with Gasteiger partial charge in [-0.25, -0.2) is 4.68 Å². The number of anilines is 1. The fourth-order valence-corrected chi connectivity index (χ4v) is 3.65. The number of carbonyl (C=O) groups excluding carboxylic acids is 1. The summed E-state index contributed by atoms with van der Waals surface area (Å²) in [5, 5.41) is 11.8. The number of aryl methyl sites for hydroxylation is 2. The molecular weight excluding hydrogens is 462 g/mol. The van der Waals surface area contributed by atoms with Gasteiger partial charge in [0.1, 0.15) is 22.7 Å². The molecule has 0 radical (unpaired) electrons. The van der Waals surface area contributed by atoms with Gasteiger partial charge in [0.05, 0.1) is 24.7 Å². The Morgan fingerprint density at radius 3 is 2.61 bits per heavy atom. The van der Waals surface area contributed by atoms with Crippen molar-refractivity contribution in [2.75, 3.05) is 19.0 Å². The molecule has 0 unspecified atom stereocenters. The average molecular weight is 486 g/mol. The largest absolute Gasteiger partial charge is 0.497 e. The number of rotatable bonds is 7. The predicted octanol–water partition coefficient (Wildman–Crippen LogP) is 2.94. The average Bonchev–Trinajstić information content (AvgIpc) is 3.47. The molecule has 0 fully saturated rings. The monoisotopic (exact) mass is 485 g/mol. The van der Waals surface area contributed by atoms with Gasteiger partial charge in [0, 0.05) is 12.1 Å². The Kier molecular flexibility index (Phi) is 5.95. The second-order valence-corrected chi connectivity index (χ2v) is 8.12. The van der Waals surface area contributed by atoms with E-state index in [2.05, 4.69) is 25.5 Å². The number of aromatic amines is 1. The number of nitrogens with zero attached hydrogens (tertiary/aromatic N) is 5. The lowest BCUT2D eigenvalue weighted by atomic mass is 10.2. The van der Waals surface area contributed by atoms with Crippen LogP contribution >= 0.6 is 0 Å². The molecule has 0 saturated heterocycles. The summed E-state index contributed by atoms with van der Waals surface area (Å²) in [6, 6.07) is 16.3. The third kappa shape index (κ3) is 4.53. The van der Waals surface area contributed by atoms with Crippen LogP contribution in [-0.2, 0) is 4.79 Å².